The van der Waals surface area contributed by atoms with Gasteiger partial charge in [0.25, 0.3) is 0 Å². The Labute approximate surface area is 96.4 Å². The molecule has 0 saturated carbocycles. The lowest BCUT2D eigenvalue weighted by molar-refractivity contribution is 0.761. The zero-order chi connectivity index (χ0) is 11.4. The van der Waals surface area contributed by atoms with Crippen molar-refractivity contribution in [2.24, 2.45) is 0 Å². The van der Waals surface area contributed by atoms with E-state index in [1.807, 2.05) is 6.20 Å². The van der Waals surface area contributed by atoms with Gasteiger partial charge in [-0.05, 0) is 31.5 Å². The third-order valence-electron chi connectivity index (χ3n) is 2.66. The van der Waals surface area contributed by atoms with Crippen molar-refractivity contribution in [3.63, 3.8) is 0 Å². The van der Waals surface area contributed by atoms with Gasteiger partial charge in [-0.15, -0.1) is 0 Å². The molecule has 0 unspecified atom stereocenters. The topological polar surface area (TPSA) is 27.8 Å². The van der Waals surface area contributed by atoms with E-state index in [1.165, 1.54) is 22.0 Å². The van der Waals surface area contributed by atoms with Gasteiger partial charge < -0.3 is 10.3 Å². The fourth-order valence-electron chi connectivity index (χ4n) is 1.79. The Morgan fingerprint density at radius 3 is 3.00 bits per heavy atom. The molecular weight excluding hydrogens is 196 g/mol. The lowest BCUT2D eigenvalue weighted by Crippen LogP contribution is -2.13. The van der Waals surface area contributed by atoms with Crippen LogP contribution >= 0.6 is 0 Å². The summed E-state index contributed by atoms with van der Waals surface area (Å²) in [4.78, 5) is 3.23. The molecule has 2 rings (SSSR count). The second kappa shape index (κ2) is 4.99. The normalized spacial score (nSPS) is 10.6. The van der Waals surface area contributed by atoms with E-state index in [9.17, 15) is 0 Å². The smallest absolute Gasteiger partial charge is 0.0457 e. The molecular formula is C14H18N2. The molecule has 0 bridgehead atoms. The monoisotopic (exact) mass is 214 g/mol. The minimum Gasteiger partial charge on any atom is -0.361 e. The Hall–Kier alpha value is -1.54. The molecule has 0 aliphatic heterocycles. The highest BCUT2D eigenvalue weighted by molar-refractivity contribution is 5.82. The number of rotatable bonds is 4. The van der Waals surface area contributed by atoms with Crippen molar-refractivity contribution in [1.29, 1.82) is 0 Å². The van der Waals surface area contributed by atoms with E-state index < -0.39 is 0 Å². The molecule has 1 aromatic carbocycles. The summed E-state index contributed by atoms with van der Waals surface area (Å²) in [6.07, 6.45) is 4.20. The predicted molar refractivity (Wildman–Crippen MR) is 69.4 cm³/mol. The molecule has 2 nitrogen and oxygen atoms in total. The highest BCUT2D eigenvalue weighted by Crippen LogP contribution is 2.16. The molecule has 0 atom stereocenters. The van der Waals surface area contributed by atoms with E-state index >= 15 is 0 Å². The molecule has 1 heterocycles. The van der Waals surface area contributed by atoms with Gasteiger partial charge in [0, 0.05) is 30.2 Å². The fourth-order valence-corrected chi connectivity index (χ4v) is 1.79. The Bertz CT molecular complexity index is 490. The SMILES string of the molecule is CC(C)=CCNCc1cccc2[nH]ccc12. The minimum absolute atomic E-state index is 0.916. The number of aromatic amines is 1. The van der Waals surface area contributed by atoms with E-state index in [0.29, 0.717) is 0 Å². The Morgan fingerprint density at radius 1 is 1.31 bits per heavy atom. The van der Waals surface area contributed by atoms with Gasteiger partial charge in [0.2, 0.25) is 0 Å². The van der Waals surface area contributed by atoms with E-state index in [4.69, 9.17) is 0 Å². The number of fused-ring (bicyclic) bond motifs is 1. The van der Waals surface area contributed by atoms with Crippen molar-refractivity contribution in [3.8, 4) is 0 Å². The van der Waals surface area contributed by atoms with Crippen LogP contribution in [-0.2, 0) is 6.54 Å². The number of hydrogen-bond acceptors (Lipinski definition) is 1. The van der Waals surface area contributed by atoms with Crippen molar-refractivity contribution < 1.29 is 0 Å². The van der Waals surface area contributed by atoms with Crippen LogP contribution in [-0.4, -0.2) is 11.5 Å². The Balaban J connectivity index is 2.04. The molecule has 2 N–H and O–H groups in total. The van der Waals surface area contributed by atoms with Gasteiger partial charge in [-0.3, -0.25) is 0 Å². The number of benzene rings is 1. The summed E-state index contributed by atoms with van der Waals surface area (Å²) in [6.45, 7) is 6.09. The molecule has 0 aliphatic carbocycles. The van der Waals surface area contributed by atoms with Gasteiger partial charge >= 0.3 is 0 Å². The minimum atomic E-state index is 0.916. The van der Waals surface area contributed by atoms with Crippen LogP contribution < -0.4 is 5.32 Å². The van der Waals surface area contributed by atoms with Gasteiger partial charge in [-0.25, -0.2) is 0 Å². The van der Waals surface area contributed by atoms with Gasteiger partial charge in [0.1, 0.15) is 0 Å². The molecule has 0 spiro atoms. The van der Waals surface area contributed by atoms with Crippen molar-refractivity contribution in [3.05, 3.63) is 47.7 Å². The van der Waals surface area contributed by atoms with Crippen LogP contribution in [0.1, 0.15) is 19.4 Å². The average Bonchev–Trinajstić information content (AvgIpc) is 2.72. The molecule has 1 aromatic heterocycles. The molecule has 2 heteroatoms. The lowest BCUT2D eigenvalue weighted by Gasteiger charge is -2.04. The fraction of sp³-hybridized carbons (Fsp3) is 0.286. The van der Waals surface area contributed by atoms with Crippen LogP contribution in [0, 0.1) is 0 Å². The third kappa shape index (κ3) is 2.52. The standard InChI is InChI=1S/C14H18N2/c1-11(2)6-8-15-10-12-4-3-5-14-13(12)7-9-16-14/h3-7,9,15-16H,8,10H2,1-2H3. The van der Waals surface area contributed by atoms with Gasteiger partial charge in [-0.1, -0.05) is 23.8 Å². The molecule has 0 amide bonds. The van der Waals surface area contributed by atoms with Crippen LogP contribution in [0.25, 0.3) is 10.9 Å². The summed E-state index contributed by atoms with van der Waals surface area (Å²) in [5.41, 5.74) is 3.91. The third-order valence-corrected chi connectivity index (χ3v) is 2.66. The molecule has 2 aromatic rings. The first-order valence-corrected chi connectivity index (χ1v) is 5.66. The van der Waals surface area contributed by atoms with Gasteiger partial charge in [0.15, 0.2) is 0 Å². The second-order valence-corrected chi connectivity index (χ2v) is 4.27. The average molecular weight is 214 g/mol. The lowest BCUT2D eigenvalue weighted by atomic mass is 10.1. The second-order valence-electron chi connectivity index (χ2n) is 4.27. The van der Waals surface area contributed by atoms with Crippen molar-refractivity contribution in [2.45, 2.75) is 20.4 Å². The summed E-state index contributed by atoms with van der Waals surface area (Å²) in [7, 11) is 0. The van der Waals surface area contributed by atoms with E-state index in [-0.39, 0.29) is 0 Å². The van der Waals surface area contributed by atoms with Crippen molar-refractivity contribution in [2.75, 3.05) is 6.54 Å². The number of H-pyrrole nitrogens is 1. The Kier molecular flexibility index (Phi) is 3.42. The Morgan fingerprint density at radius 2 is 2.19 bits per heavy atom. The maximum atomic E-state index is 3.42. The van der Waals surface area contributed by atoms with Crippen LogP contribution in [0.5, 0.6) is 0 Å². The van der Waals surface area contributed by atoms with Crippen LogP contribution in [0.4, 0.5) is 0 Å². The van der Waals surface area contributed by atoms with Gasteiger partial charge in [-0.2, -0.15) is 0 Å². The maximum Gasteiger partial charge on any atom is 0.0457 e. The molecule has 16 heavy (non-hydrogen) atoms. The first-order valence-electron chi connectivity index (χ1n) is 5.66. The summed E-state index contributed by atoms with van der Waals surface area (Å²) >= 11 is 0. The molecule has 0 saturated heterocycles. The summed E-state index contributed by atoms with van der Waals surface area (Å²) in [5.74, 6) is 0. The quantitative estimate of drug-likeness (QED) is 0.593. The molecule has 0 radical (unpaired) electrons. The zero-order valence-electron chi connectivity index (χ0n) is 9.88. The van der Waals surface area contributed by atoms with E-state index in [0.717, 1.165) is 13.1 Å². The molecule has 0 fully saturated rings. The van der Waals surface area contributed by atoms with Crippen LogP contribution in [0.3, 0.4) is 0 Å². The molecule has 0 aliphatic rings. The number of nitrogens with one attached hydrogen (secondary N) is 2. The summed E-state index contributed by atoms with van der Waals surface area (Å²) in [6, 6.07) is 8.50. The first kappa shape index (κ1) is 11.0. The maximum absolute atomic E-state index is 3.42. The number of hydrogen-bond donors (Lipinski definition) is 2. The van der Waals surface area contributed by atoms with Gasteiger partial charge in [0.05, 0.1) is 0 Å². The van der Waals surface area contributed by atoms with Crippen molar-refractivity contribution in [1.82, 2.24) is 10.3 Å². The highest BCUT2D eigenvalue weighted by atomic mass is 14.8. The summed E-state index contributed by atoms with van der Waals surface area (Å²) < 4.78 is 0. The largest absolute Gasteiger partial charge is 0.361 e. The zero-order valence-corrected chi connectivity index (χ0v) is 9.88. The van der Waals surface area contributed by atoms with Crippen LogP contribution in [0.2, 0.25) is 0 Å². The first-order chi connectivity index (χ1) is 7.77. The number of allylic oxidation sites excluding steroid dienone is 1. The van der Waals surface area contributed by atoms with E-state index in [1.54, 1.807) is 0 Å². The summed E-state index contributed by atoms with van der Waals surface area (Å²) in [5, 5.41) is 4.74. The highest BCUT2D eigenvalue weighted by Gasteiger charge is 1.99. The predicted octanol–water partition coefficient (Wildman–Crippen LogP) is 3.22. The van der Waals surface area contributed by atoms with Crippen LogP contribution in [0.15, 0.2) is 42.1 Å². The molecule has 84 valence electrons. The number of aromatic nitrogens is 1. The van der Waals surface area contributed by atoms with E-state index in [2.05, 4.69) is 54.5 Å². The van der Waals surface area contributed by atoms with Crippen molar-refractivity contribution >= 4 is 10.9 Å².